The molecule has 0 fully saturated rings. The standard InChI is InChI=1S/C17H21NO3/c1-4-12-18(13-11-17(20)21-3)16(19)10-9-15-7-5-14(2)6-8-15/h4-10H,1,11-13H2,2-3H3/b10-9+. The lowest BCUT2D eigenvalue weighted by molar-refractivity contribution is -0.141. The molecule has 0 saturated heterocycles. The summed E-state index contributed by atoms with van der Waals surface area (Å²) in [5, 5.41) is 0. The smallest absolute Gasteiger partial charge is 0.307 e. The van der Waals surface area contributed by atoms with Gasteiger partial charge in [0.25, 0.3) is 0 Å². The van der Waals surface area contributed by atoms with E-state index in [1.165, 1.54) is 18.7 Å². The average molecular weight is 287 g/mol. The van der Waals surface area contributed by atoms with Crippen LogP contribution in [0.25, 0.3) is 6.08 Å². The first kappa shape index (κ1) is 16.7. The third kappa shape index (κ3) is 6.08. The third-order valence-corrected chi connectivity index (χ3v) is 2.97. The molecule has 0 aliphatic carbocycles. The Hall–Kier alpha value is -2.36. The Labute approximate surface area is 125 Å². The Balaban J connectivity index is 2.65. The van der Waals surface area contributed by atoms with Crippen molar-refractivity contribution in [3.8, 4) is 0 Å². The molecule has 1 aromatic carbocycles. The van der Waals surface area contributed by atoms with E-state index in [0.29, 0.717) is 13.1 Å². The molecule has 0 aliphatic rings. The van der Waals surface area contributed by atoms with Gasteiger partial charge in [-0.05, 0) is 18.6 Å². The molecule has 0 saturated carbocycles. The van der Waals surface area contributed by atoms with Crippen molar-refractivity contribution in [1.29, 1.82) is 0 Å². The van der Waals surface area contributed by atoms with Crippen LogP contribution in [0.4, 0.5) is 0 Å². The molecule has 4 heteroatoms. The summed E-state index contributed by atoms with van der Waals surface area (Å²) in [5.41, 5.74) is 2.13. The van der Waals surface area contributed by atoms with Gasteiger partial charge in [0.1, 0.15) is 0 Å². The Bertz CT molecular complexity index is 517. The highest BCUT2D eigenvalue weighted by Crippen LogP contribution is 2.06. The fraction of sp³-hybridized carbons (Fsp3) is 0.294. The normalized spacial score (nSPS) is 10.4. The Morgan fingerprint density at radius 3 is 2.52 bits per heavy atom. The zero-order valence-corrected chi connectivity index (χ0v) is 12.5. The molecule has 1 aromatic rings. The molecule has 112 valence electrons. The summed E-state index contributed by atoms with van der Waals surface area (Å²) in [4.78, 5) is 24.8. The van der Waals surface area contributed by atoms with Crippen LogP contribution in [0.5, 0.6) is 0 Å². The number of hydrogen-bond acceptors (Lipinski definition) is 3. The minimum atomic E-state index is -0.334. The Morgan fingerprint density at radius 1 is 1.29 bits per heavy atom. The van der Waals surface area contributed by atoms with E-state index in [-0.39, 0.29) is 18.3 Å². The maximum Gasteiger partial charge on any atom is 0.307 e. The van der Waals surface area contributed by atoms with Gasteiger partial charge in [0, 0.05) is 19.2 Å². The van der Waals surface area contributed by atoms with E-state index in [1.54, 1.807) is 17.1 Å². The quantitative estimate of drug-likeness (QED) is 0.440. The van der Waals surface area contributed by atoms with Crippen LogP contribution in [-0.4, -0.2) is 37.0 Å². The number of hydrogen-bond donors (Lipinski definition) is 0. The van der Waals surface area contributed by atoms with Gasteiger partial charge in [0.05, 0.1) is 13.5 Å². The number of rotatable bonds is 7. The molecule has 0 spiro atoms. The van der Waals surface area contributed by atoms with Gasteiger partial charge in [-0.2, -0.15) is 0 Å². The number of methoxy groups -OCH3 is 1. The summed E-state index contributed by atoms with van der Waals surface area (Å²) in [5.74, 6) is -0.487. The number of carbonyl (C=O) groups is 2. The minimum absolute atomic E-state index is 0.153. The largest absolute Gasteiger partial charge is 0.469 e. The van der Waals surface area contributed by atoms with Crippen LogP contribution in [-0.2, 0) is 14.3 Å². The van der Waals surface area contributed by atoms with E-state index < -0.39 is 0 Å². The lowest BCUT2D eigenvalue weighted by Gasteiger charge is -2.18. The minimum Gasteiger partial charge on any atom is -0.469 e. The Morgan fingerprint density at radius 2 is 1.95 bits per heavy atom. The summed E-state index contributed by atoms with van der Waals surface area (Å²) in [6.07, 6.45) is 5.07. The van der Waals surface area contributed by atoms with Crippen molar-refractivity contribution in [3.05, 3.63) is 54.1 Å². The van der Waals surface area contributed by atoms with Crippen molar-refractivity contribution in [2.45, 2.75) is 13.3 Å². The van der Waals surface area contributed by atoms with Crippen molar-refractivity contribution in [1.82, 2.24) is 4.90 Å². The van der Waals surface area contributed by atoms with Crippen LogP contribution in [0, 0.1) is 6.92 Å². The molecule has 1 amide bonds. The summed E-state index contributed by atoms with van der Waals surface area (Å²) in [6.45, 7) is 6.35. The van der Waals surface area contributed by atoms with Crippen molar-refractivity contribution < 1.29 is 14.3 Å². The average Bonchev–Trinajstić information content (AvgIpc) is 2.50. The van der Waals surface area contributed by atoms with Gasteiger partial charge in [0.15, 0.2) is 0 Å². The van der Waals surface area contributed by atoms with Crippen molar-refractivity contribution in [3.63, 3.8) is 0 Å². The number of benzene rings is 1. The van der Waals surface area contributed by atoms with Crippen LogP contribution in [0.1, 0.15) is 17.5 Å². The molecular weight excluding hydrogens is 266 g/mol. The highest BCUT2D eigenvalue weighted by atomic mass is 16.5. The van der Waals surface area contributed by atoms with E-state index in [1.807, 2.05) is 31.2 Å². The SMILES string of the molecule is C=CCN(CCC(=O)OC)C(=O)/C=C/c1ccc(C)cc1. The first-order valence-corrected chi connectivity index (χ1v) is 6.78. The first-order valence-electron chi connectivity index (χ1n) is 6.78. The predicted octanol–water partition coefficient (Wildman–Crippen LogP) is 2.59. The lowest BCUT2D eigenvalue weighted by Crippen LogP contribution is -2.32. The molecule has 0 heterocycles. The summed E-state index contributed by atoms with van der Waals surface area (Å²) in [6, 6.07) is 7.88. The van der Waals surface area contributed by atoms with Gasteiger partial charge in [-0.15, -0.1) is 6.58 Å². The number of nitrogens with zero attached hydrogens (tertiary/aromatic N) is 1. The van der Waals surface area contributed by atoms with Gasteiger partial charge in [-0.1, -0.05) is 35.9 Å². The molecule has 0 atom stereocenters. The molecule has 0 unspecified atom stereocenters. The molecule has 21 heavy (non-hydrogen) atoms. The van der Waals surface area contributed by atoms with E-state index in [2.05, 4.69) is 11.3 Å². The maximum atomic E-state index is 12.1. The van der Waals surface area contributed by atoms with E-state index in [0.717, 1.165) is 5.56 Å². The predicted molar refractivity (Wildman–Crippen MR) is 83.6 cm³/mol. The summed E-state index contributed by atoms with van der Waals surface area (Å²) in [7, 11) is 1.33. The van der Waals surface area contributed by atoms with Crippen LogP contribution >= 0.6 is 0 Å². The monoisotopic (exact) mass is 287 g/mol. The zero-order valence-electron chi connectivity index (χ0n) is 12.5. The van der Waals surface area contributed by atoms with Crippen molar-refractivity contribution in [2.75, 3.05) is 20.2 Å². The van der Waals surface area contributed by atoms with Gasteiger partial charge < -0.3 is 9.64 Å². The highest BCUT2D eigenvalue weighted by molar-refractivity contribution is 5.92. The second kappa shape index (κ2) is 8.74. The number of ether oxygens (including phenoxy) is 1. The molecule has 0 radical (unpaired) electrons. The van der Waals surface area contributed by atoms with Gasteiger partial charge >= 0.3 is 5.97 Å². The van der Waals surface area contributed by atoms with Crippen LogP contribution in [0.3, 0.4) is 0 Å². The molecular formula is C17H21NO3. The zero-order chi connectivity index (χ0) is 15.7. The summed E-state index contributed by atoms with van der Waals surface area (Å²) >= 11 is 0. The van der Waals surface area contributed by atoms with Gasteiger partial charge in [0.2, 0.25) is 5.91 Å². The molecule has 0 N–H and O–H groups in total. The van der Waals surface area contributed by atoms with Crippen molar-refractivity contribution >= 4 is 18.0 Å². The molecule has 0 bridgehead atoms. The molecule has 0 aliphatic heterocycles. The van der Waals surface area contributed by atoms with Crippen LogP contribution in [0.2, 0.25) is 0 Å². The van der Waals surface area contributed by atoms with Gasteiger partial charge in [-0.3, -0.25) is 9.59 Å². The second-order valence-corrected chi connectivity index (χ2v) is 4.64. The second-order valence-electron chi connectivity index (χ2n) is 4.64. The molecule has 1 rings (SSSR count). The number of carbonyl (C=O) groups excluding carboxylic acids is 2. The first-order chi connectivity index (χ1) is 10.1. The van der Waals surface area contributed by atoms with Crippen LogP contribution in [0.15, 0.2) is 43.0 Å². The van der Waals surface area contributed by atoms with Crippen molar-refractivity contribution in [2.24, 2.45) is 0 Å². The Kier molecular flexibility index (Phi) is 6.95. The van der Waals surface area contributed by atoms with E-state index >= 15 is 0 Å². The number of esters is 1. The topological polar surface area (TPSA) is 46.6 Å². The fourth-order valence-corrected chi connectivity index (χ4v) is 1.73. The molecule has 4 nitrogen and oxygen atoms in total. The number of aryl methyl sites for hydroxylation is 1. The van der Waals surface area contributed by atoms with E-state index in [4.69, 9.17) is 0 Å². The van der Waals surface area contributed by atoms with Gasteiger partial charge in [-0.25, -0.2) is 0 Å². The fourth-order valence-electron chi connectivity index (χ4n) is 1.73. The van der Waals surface area contributed by atoms with E-state index in [9.17, 15) is 9.59 Å². The third-order valence-electron chi connectivity index (χ3n) is 2.97. The lowest BCUT2D eigenvalue weighted by atomic mass is 10.1. The summed E-state index contributed by atoms with van der Waals surface area (Å²) < 4.78 is 4.58. The highest BCUT2D eigenvalue weighted by Gasteiger charge is 2.11. The number of amides is 1. The molecule has 0 aromatic heterocycles. The van der Waals surface area contributed by atoms with Crippen LogP contribution < -0.4 is 0 Å². The maximum absolute atomic E-state index is 12.1.